The quantitative estimate of drug-likeness (QED) is 0.609. The van der Waals surface area contributed by atoms with Gasteiger partial charge in [0.2, 0.25) is 0 Å². The molecule has 100 valence electrons. The Morgan fingerprint density at radius 2 is 2.26 bits per heavy atom. The van der Waals surface area contributed by atoms with Crippen LogP contribution in [0.2, 0.25) is 5.02 Å². The summed E-state index contributed by atoms with van der Waals surface area (Å²) in [5.74, 6) is 0.00317. The van der Waals surface area contributed by atoms with Gasteiger partial charge in [0.15, 0.2) is 0 Å². The molecule has 1 aromatic carbocycles. The van der Waals surface area contributed by atoms with Crippen LogP contribution in [0.15, 0.2) is 29.2 Å². The maximum Gasteiger partial charge on any atom is 0.266 e. The Labute approximate surface area is 127 Å². The van der Waals surface area contributed by atoms with Crippen molar-refractivity contribution in [3.8, 4) is 0 Å². The second kappa shape index (κ2) is 6.55. The maximum absolute atomic E-state index is 12.2. The number of hydrogen-bond acceptors (Lipinski definition) is 3. The van der Waals surface area contributed by atoms with Crippen LogP contribution in [-0.2, 0) is 4.79 Å². The zero-order valence-electron chi connectivity index (χ0n) is 10.6. The Kier molecular flexibility index (Phi) is 5.02. The lowest BCUT2D eigenvalue weighted by Gasteiger charge is -2.12. The van der Waals surface area contributed by atoms with E-state index in [1.54, 1.807) is 4.90 Å². The highest BCUT2D eigenvalue weighted by Crippen LogP contribution is 2.32. The molecule has 1 aliphatic rings. The Bertz CT molecular complexity index is 542. The molecule has 19 heavy (non-hydrogen) atoms. The molecule has 0 atom stereocenters. The monoisotopic (exact) mass is 311 g/mol. The van der Waals surface area contributed by atoms with Gasteiger partial charge in [-0.15, -0.1) is 0 Å². The molecule has 1 fully saturated rings. The highest BCUT2D eigenvalue weighted by Gasteiger charge is 2.31. The summed E-state index contributed by atoms with van der Waals surface area (Å²) >= 11 is 12.5. The fourth-order valence-electron chi connectivity index (χ4n) is 1.76. The van der Waals surface area contributed by atoms with Crippen molar-refractivity contribution in [2.75, 3.05) is 6.54 Å². The zero-order chi connectivity index (χ0) is 13.8. The molecule has 1 heterocycles. The number of thioether (sulfide) groups is 1. The van der Waals surface area contributed by atoms with Crippen LogP contribution in [0.4, 0.5) is 0 Å². The van der Waals surface area contributed by atoms with E-state index in [-0.39, 0.29) is 5.91 Å². The van der Waals surface area contributed by atoms with E-state index in [2.05, 4.69) is 6.92 Å². The third-order valence-electron chi connectivity index (χ3n) is 2.76. The molecule has 0 aliphatic carbocycles. The average Bonchev–Trinajstić information content (AvgIpc) is 2.62. The van der Waals surface area contributed by atoms with Gasteiger partial charge in [-0.3, -0.25) is 9.69 Å². The molecule has 0 aromatic heterocycles. The number of nitrogens with zero attached hydrogens (tertiary/aromatic N) is 1. The molecular formula is C14H14ClNOS2. The number of amides is 1. The minimum Gasteiger partial charge on any atom is -0.293 e. The minimum atomic E-state index is 0.00317. The van der Waals surface area contributed by atoms with E-state index in [1.165, 1.54) is 11.8 Å². The highest BCUT2D eigenvalue weighted by molar-refractivity contribution is 8.26. The molecule has 0 radical (unpaired) electrons. The Morgan fingerprint density at radius 1 is 1.47 bits per heavy atom. The van der Waals surface area contributed by atoms with Crippen LogP contribution < -0.4 is 0 Å². The first-order valence-corrected chi connectivity index (χ1v) is 7.73. The normalized spacial score (nSPS) is 17.6. The van der Waals surface area contributed by atoms with Gasteiger partial charge < -0.3 is 0 Å². The van der Waals surface area contributed by atoms with Crippen LogP contribution in [0.1, 0.15) is 25.3 Å². The number of halogens is 1. The molecule has 1 aliphatic heterocycles. The average molecular weight is 312 g/mol. The molecule has 0 bridgehead atoms. The molecule has 1 saturated heterocycles. The van der Waals surface area contributed by atoms with Crippen molar-refractivity contribution < 1.29 is 4.79 Å². The number of thiocarbonyl (C=S) groups is 1. The lowest BCUT2D eigenvalue weighted by molar-refractivity contribution is -0.122. The molecule has 2 rings (SSSR count). The fourth-order valence-corrected chi connectivity index (χ4v) is 3.26. The number of carbonyl (C=O) groups is 1. The second-order valence-electron chi connectivity index (χ2n) is 4.24. The predicted octanol–water partition coefficient (Wildman–Crippen LogP) is 4.34. The number of carbonyl (C=O) groups excluding carboxylic acids is 1. The zero-order valence-corrected chi connectivity index (χ0v) is 12.9. The molecule has 1 aromatic rings. The highest BCUT2D eigenvalue weighted by atomic mass is 35.5. The summed E-state index contributed by atoms with van der Waals surface area (Å²) in [5.41, 5.74) is 0.920. The SMILES string of the molecule is CCCCN1C(=O)/C(=C\c2cccc(Cl)c2)SC1=S. The molecule has 5 heteroatoms. The first-order chi connectivity index (χ1) is 9.11. The third kappa shape index (κ3) is 3.59. The Hall–Kier alpha value is -0.840. The van der Waals surface area contributed by atoms with Gasteiger partial charge in [0.1, 0.15) is 4.32 Å². The van der Waals surface area contributed by atoms with Crippen molar-refractivity contribution in [1.82, 2.24) is 4.90 Å². The van der Waals surface area contributed by atoms with Gasteiger partial charge in [-0.1, -0.05) is 61.1 Å². The Balaban J connectivity index is 2.18. The van der Waals surface area contributed by atoms with Crippen molar-refractivity contribution in [2.45, 2.75) is 19.8 Å². The van der Waals surface area contributed by atoms with Crippen LogP contribution in [0.5, 0.6) is 0 Å². The number of benzene rings is 1. The molecular weight excluding hydrogens is 298 g/mol. The fraction of sp³-hybridized carbons (Fsp3) is 0.286. The minimum absolute atomic E-state index is 0.00317. The lowest BCUT2D eigenvalue weighted by Crippen LogP contribution is -2.28. The smallest absolute Gasteiger partial charge is 0.266 e. The second-order valence-corrected chi connectivity index (χ2v) is 6.35. The largest absolute Gasteiger partial charge is 0.293 e. The van der Waals surface area contributed by atoms with Crippen molar-refractivity contribution in [1.29, 1.82) is 0 Å². The van der Waals surface area contributed by atoms with Crippen LogP contribution >= 0.6 is 35.6 Å². The number of rotatable bonds is 4. The van der Waals surface area contributed by atoms with Gasteiger partial charge in [0.25, 0.3) is 5.91 Å². The number of hydrogen-bond donors (Lipinski definition) is 0. The van der Waals surface area contributed by atoms with E-state index < -0.39 is 0 Å². The van der Waals surface area contributed by atoms with Gasteiger partial charge >= 0.3 is 0 Å². The predicted molar refractivity (Wildman–Crippen MR) is 86.2 cm³/mol. The van der Waals surface area contributed by atoms with Gasteiger partial charge in [-0.05, 0) is 30.2 Å². The van der Waals surface area contributed by atoms with E-state index in [1.807, 2.05) is 30.3 Å². The van der Waals surface area contributed by atoms with E-state index in [0.29, 0.717) is 20.8 Å². The van der Waals surface area contributed by atoms with Crippen molar-refractivity contribution in [3.63, 3.8) is 0 Å². The van der Waals surface area contributed by atoms with E-state index in [0.717, 1.165) is 18.4 Å². The van der Waals surface area contributed by atoms with E-state index in [9.17, 15) is 4.79 Å². The molecule has 0 N–H and O–H groups in total. The molecule has 0 unspecified atom stereocenters. The van der Waals surface area contributed by atoms with E-state index >= 15 is 0 Å². The van der Waals surface area contributed by atoms with Gasteiger partial charge in [-0.25, -0.2) is 0 Å². The Morgan fingerprint density at radius 3 is 2.95 bits per heavy atom. The topological polar surface area (TPSA) is 20.3 Å². The van der Waals surface area contributed by atoms with E-state index in [4.69, 9.17) is 23.8 Å². The molecule has 2 nitrogen and oxygen atoms in total. The summed E-state index contributed by atoms with van der Waals surface area (Å²) in [6.45, 7) is 2.80. The summed E-state index contributed by atoms with van der Waals surface area (Å²) in [6, 6.07) is 7.43. The molecule has 0 saturated carbocycles. The first kappa shape index (κ1) is 14.6. The summed E-state index contributed by atoms with van der Waals surface area (Å²) < 4.78 is 0.645. The lowest BCUT2D eigenvalue weighted by atomic mass is 10.2. The summed E-state index contributed by atoms with van der Waals surface area (Å²) in [4.78, 5) is 14.6. The number of unbranched alkanes of at least 4 members (excludes halogenated alkanes) is 1. The standard InChI is InChI=1S/C14H14ClNOS2/c1-2-3-7-16-13(17)12(19-14(16)18)9-10-5-4-6-11(15)8-10/h4-6,8-9H,2-3,7H2,1H3/b12-9+. The molecule has 1 amide bonds. The third-order valence-corrected chi connectivity index (χ3v) is 4.37. The summed E-state index contributed by atoms with van der Waals surface area (Å²) in [6.07, 6.45) is 3.86. The van der Waals surface area contributed by atoms with Crippen molar-refractivity contribution >= 4 is 51.9 Å². The molecule has 0 spiro atoms. The van der Waals surface area contributed by atoms with Crippen molar-refractivity contribution in [3.05, 3.63) is 39.8 Å². The van der Waals surface area contributed by atoms with Crippen LogP contribution in [-0.4, -0.2) is 21.7 Å². The summed E-state index contributed by atoms with van der Waals surface area (Å²) in [5, 5.41) is 0.662. The van der Waals surface area contributed by atoms with Gasteiger partial charge in [-0.2, -0.15) is 0 Å². The summed E-state index contributed by atoms with van der Waals surface area (Å²) in [7, 11) is 0. The van der Waals surface area contributed by atoms with Crippen LogP contribution in [0.3, 0.4) is 0 Å². The van der Waals surface area contributed by atoms with Crippen LogP contribution in [0.25, 0.3) is 6.08 Å². The van der Waals surface area contributed by atoms with Gasteiger partial charge in [0.05, 0.1) is 4.91 Å². The van der Waals surface area contributed by atoms with Crippen molar-refractivity contribution in [2.24, 2.45) is 0 Å². The maximum atomic E-state index is 12.2. The first-order valence-electron chi connectivity index (χ1n) is 6.12. The van der Waals surface area contributed by atoms with Gasteiger partial charge in [0, 0.05) is 11.6 Å². The van der Waals surface area contributed by atoms with Crippen LogP contribution in [0, 0.1) is 0 Å².